The molecule has 0 radical (unpaired) electrons. The van der Waals surface area contributed by atoms with Gasteiger partial charge in [-0.3, -0.25) is 14.9 Å². The molecule has 2 aromatic rings. The van der Waals surface area contributed by atoms with Crippen LogP contribution in [0.2, 0.25) is 0 Å². The highest BCUT2D eigenvalue weighted by atomic mass is 16.6. The average molecular weight is 362 g/mol. The van der Waals surface area contributed by atoms with E-state index in [0.717, 1.165) is 6.07 Å². The molecule has 0 unspecified atom stereocenters. The van der Waals surface area contributed by atoms with Crippen molar-refractivity contribution < 1.29 is 28.4 Å². The molecule has 26 heavy (non-hydrogen) atoms. The predicted octanol–water partition coefficient (Wildman–Crippen LogP) is 2.92. The number of furan rings is 1. The van der Waals surface area contributed by atoms with Crippen molar-refractivity contribution in [2.75, 3.05) is 19.0 Å². The van der Waals surface area contributed by atoms with Gasteiger partial charge in [0.1, 0.15) is 22.8 Å². The van der Waals surface area contributed by atoms with Gasteiger partial charge in [-0.2, -0.15) is 0 Å². The van der Waals surface area contributed by atoms with E-state index in [2.05, 4.69) is 5.32 Å². The number of benzene rings is 1. The average Bonchev–Trinajstić information content (AvgIpc) is 2.84. The number of methoxy groups -OCH3 is 1. The number of hydrogen-bond donors (Lipinski definition) is 1. The lowest BCUT2D eigenvalue weighted by molar-refractivity contribution is -0.384. The molecule has 0 aliphatic rings. The predicted molar refractivity (Wildman–Crippen MR) is 91.5 cm³/mol. The van der Waals surface area contributed by atoms with Gasteiger partial charge in [-0.15, -0.1) is 0 Å². The molecule has 1 heterocycles. The van der Waals surface area contributed by atoms with E-state index in [1.54, 1.807) is 20.8 Å². The first-order chi connectivity index (χ1) is 12.2. The normalized spacial score (nSPS) is 10.3. The summed E-state index contributed by atoms with van der Waals surface area (Å²) in [4.78, 5) is 34.4. The molecule has 0 fully saturated rings. The summed E-state index contributed by atoms with van der Waals surface area (Å²) in [5, 5.41) is 13.3. The first-order valence-electron chi connectivity index (χ1n) is 7.60. The van der Waals surface area contributed by atoms with Crippen LogP contribution in [0.4, 0.5) is 11.4 Å². The van der Waals surface area contributed by atoms with Gasteiger partial charge in [-0.1, -0.05) is 0 Å². The van der Waals surface area contributed by atoms with Crippen molar-refractivity contribution in [1.29, 1.82) is 0 Å². The molecule has 0 spiro atoms. The Bertz CT molecular complexity index is 870. The van der Waals surface area contributed by atoms with Crippen molar-refractivity contribution >= 4 is 23.3 Å². The molecule has 9 nitrogen and oxygen atoms in total. The van der Waals surface area contributed by atoms with Crippen LogP contribution in [0.15, 0.2) is 22.6 Å². The SMILES string of the molecule is COc1ccc([N+](=O)[O-])cc1NC(=O)COC(=O)c1c(C)oc(C)c1C. The molecule has 1 N–H and O–H groups in total. The Morgan fingerprint density at radius 3 is 2.46 bits per heavy atom. The van der Waals surface area contributed by atoms with Crippen molar-refractivity contribution in [2.24, 2.45) is 0 Å². The Morgan fingerprint density at radius 2 is 1.92 bits per heavy atom. The Labute approximate surface area is 149 Å². The van der Waals surface area contributed by atoms with Gasteiger partial charge >= 0.3 is 5.97 Å². The van der Waals surface area contributed by atoms with Gasteiger partial charge in [-0.05, 0) is 26.8 Å². The molecular weight excluding hydrogens is 344 g/mol. The van der Waals surface area contributed by atoms with Crippen LogP contribution in [0.1, 0.15) is 27.4 Å². The summed E-state index contributed by atoms with van der Waals surface area (Å²) in [6.45, 7) is 4.51. The number of non-ortho nitro benzene ring substituents is 1. The van der Waals surface area contributed by atoms with Crippen LogP contribution >= 0.6 is 0 Å². The third-order valence-corrected chi connectivity index (χ3v) is 3.77. The van der Waals surface area contributed by atoms with Crippen molar-refractivity contribution in [2.45, 2.75) is 20.8 Å². The monoisotopic (exact) mass is 362 g/mol. The van der Waals surface area contributed by atoms with E-state index in [-0.39, 0.29) is 22.7 Å². The molecule has 2 rings (SSSR count). The molecule has 0 bridgehead atoms. The summed E-state index contributed by atoms with van der Waals surface area (Å²) in [7, 11) is 1.36. The van der Waals surface area contributed by atoms with Crippen molar-refractivity contribution in [3.8, 4) is 5.75 Å². The van der Waals surface area contributed by atoms with Crippen LogP contribution in [-0.4, -0.2) is 30.5 Å². The molecule has 0 aliphatic carbocycles. The Balaban J connectivity index is 2.06. The van der Waals surface area contributed by atoms with E-state index in [1.165, 1.54) is 19.2 Å². The number of aryl methyl sites for hydroxylation is 2. The first-order valence-corrected chi connectivity index (χ1v) is 7.60. The Hall–Kier alpha value is -3.36. The van der Waals surface area contributed by atoms with Crippen LogP contribution in [0.3, 0.4) is 0 Å². The second-order valence-corrected chi connectivity index (χ2v) is 5.48. The number of amides is 1. The second-order valence-electron chi connectivity index (χ2n) is 5.48. The molecule has 1 aromatic heterocycles. The number of nitro benzene ring substituents is 1. The van der Waals surface area contributed by atoms with Crippen LogP contribution in [0.5, 0.6) is 5.75 Å². The minimum atomic E-state index is -0.682. The van der Waals surface area contributed by atoms with Crippen LogP contribution < -0.4 is 10.1 Å². The smallest absolute Gasteiger partial charge is 0.342 e. The fraction of sp³-hybridized carbons (Fsp3) is 0.294. The van der Waals surface area contributed by atoms with Gasteiger partial charge in [0.2, 0.25) is 0 Å². The number of hydrogen-bond acceptors (Lipinski definition) is 7. The number of nitro groups is 1. The zero-order valence-electron chi connectivity index (χ0n) is 14.7. The molecule has 0 saturated carbocycles. The number of carbonyl (C=O) groups excluding carboxylic acids is 2. The zero-order valence-corrected chi connectivity index (χ0v) is 14.7. The Kier molecular flexibility index (Phi) is 5.61. The number of carbonyl (C=O) groups is 2. The molecule has 0 atom stereocenters. The number of rotatable bonds is 6. The van der Waals surface area contributed by atoms with Gasteiger partial charge in [0.25, 0.3) is 11.6 Å². The van der Waals surface area contributed by atoms with E-state index in [0.29, 0.717) is 17.1 Å². The standard InChI is InChI=1S/C17H18N2O7/c1-9-10(2)26-11(3)16(9)17(21)25-8-15(20)18-13-7-12(19(22)23)5-6-14(13)24-4/h5-7H,8H2,1-4H3,(H,18,20). The summed E-state index contributed by atoms with van der Waals surface area (Å²) in [6.07, 6.45) is 0. The summed E-state index contributed by atoms with van der Waals surface area (Å²) < 4.78 is 15.4. The molecule has 1 amide bonds. The number of esters is 1. The van der Waals surface area contributed by atoms with Gasteiger partial charge in [-0.25, -0.2) is 4.79 Å². The topological polar surface area (TPSA) is 121 Å². The van der Waals surface area contributed by atoms with E-state index in [9.17, 15) is 19.7 Å². The number of nitrogens with one attached hydrogen (secondary N) is 1. The van der Waals surface area contributed by atoms with Gasteiger partial charge in [0.05, 0.1) is 17.7 Å². The van der Waals surface area contributed by atoms with Gasteiger partial charge < -0.3 is 19.2 Å². The lowest BCUT2D eigenvalue weighted by Gasteiger charge is -2.10. The lowest BCUT2D eigenvalue weighted by Crippen LogP contribution is -2.21. The third kappa shape index (κ3) is 4.00. The fourth-order valence-corrected chi connectivity index (χ4v) is 2.39. The highest BCUT2D eigenvalue weighted by molar-refractivity contribution is 5.97. The maximum absolute atomic E-state index is 12.1. The number of nitrogens with zero attached hydrogens (tertiary/aromatic N) is 1. The quantitative estimate of drug-likeness (QED) is 0.476. The molecule has 1 aromatic carbocycles. The molecule has 0 saturated heterocycles. The lowest BCUT2D eigenvalue weighted by atomic mass is 10.1. The Morgan fingerprint density at radius 1 is 1.23 bits per heavy atom. The zero-order chi connectivity index (χ0) is 19.4. The van der Waals surface area contributed by atoms with Crippen LogP contribution in [0, 0.1) is 30.9 Å². The van der Waals surface area contributed by atoms with Crippen molar-refractivity contribution in [1.82, 2.24) is 0 Å². The summed E-state index contributed by atoms with van der Waals surface area (Å²) in [5.74, 6) is -0.0934. The first kappa shape index (κ1) is 19.0. The van der Waals surface area contributed by atoms with Crippen LogP contribution in [-0.2, 0) is 9.53 Å². The third-order valence-electron chi connectivity index (χ3n) is 3.77. The van der Waals surface area contributed by atoms with Crippen LogP contribution in [0.25, 0.3) is 0 Å². The fourth-order valence-electron chi connectivity index (χ4n) is 2.39. The molecule has 9 heteroatoms. The van der Waals surface area contributed by atoms with Gasteiger partial charge in [0.15, 0.2) is 6.61 Å². The largest absolute Gasteiger partial charge is 0.495 e. The molecule has 138 valence electrons. The van der Waals surface area contributed by atoms with Gasteiger partial charge in [0, 0.05) is 17.7 Å². The summed E-state index contributed by atoms with van der Waals surface area (Å²) in [6, 6.07) is 3.77. The van der Waals surface area contributed by atoms with E-state index in [4.69, 9.17) is 13.9 Å². The number of anilines is 1. The minimum absolute atomic E-state index is 0.106. The summed E-state index contributed by atoms with van der Waals surface area (Å²) >= 11 is 0. The van der Waals surface area contributed by atoms with E-state index in [1.807, 2.05) is 0 Å². The van der Waals surface area contributed by atoms with Crippen molar-refractivity contribution in [3.05, 3.63) is 51.0 Å². The molecular formula is C17H18N2O7. The maximum Gasteiger partial charge on any atom is 0.342 e. The maximum atomic E-state index is 12.1. The number of ether oxygens (including phenoxy) is 2. The highest BCUT2D eigenvalue weighted by Crippen LogP contribution is 2.28. The molecule has 0 aliphatic heterocycles. The van der Waals surface area contributed by atoms with Crippen molar-refractivity contribution in [3.63, 3.8) is 0 Å². The summed E-state index contributed by atoms with van der Waals surface area (Å²) in [5.41, 5.74) is 0.823. The second kappa shape index (κ2) is 7.68. The van der Waals surface area contributed by atoms with E-state index < -0.39 is 23.4 Å². The highest BCUT2D eigenvalue weighted by Gasteiger charge is 2.21. The van der Waals surface area contributed by atoms with E-state index >= 15 is 0 Å². The minimum Gasteiger partial charge on any atom is -0.495 e.